The molecule has 0 radical (unpaired) electrons. The zero-order chi connectivity index (χ0) is 24.4. The number of methoxy groups -OCH3 is 3. The second-order valence-corrected chi connectivity index (χ2v) is 8.34. The molecule has 0 saturated heterocycles. The number of nitrogens with one attached hydrogen (secondary N) is 1. The van der Waals surface area contributed by atoms with Crippen molar-refractivity contribution in [1.29, 1.82) is 0 Å². The van der Waals surface area contributed by atoms with Gasteiger partial charge in [-0.1, -0.05) is 36.4 Å². The smallest absolute Gasteiger partial charge is 0.273 e. The number of H-pyrrole nitrogens is 1. The summed E-state index contributed by atoms with van der Waals surface area (Å²) in [5, 5.41) is 7.56. The summed E-state index contributed by atoms with van der Waals surface area (Å²) in [6.45, 7) is 0.540. The summed E-state index contributed by atoms with van der Waals surface area (Å²) < 4.78 is 16.1. The Balaban J connectivity index is 1.50. The van der Waals surface area contributed by atoms with Gasteiger partial charge >= 0.3 is 0 Å². The molecule has 7 heteroatoms. The van der Waals surface area contributed by atoms with Gasteiger partial charge in [-0.05, 0) is 53.9 Å². The normalized spacial score (nSPS) is 14.7. The molecule has 178 valence electrons. The molecule has 1 aliphatic heterocycles. The number of carbonyl (C=O) groups is 1. The number of benzene rings is 3. The Kier molecular flexibility index (Phi) is 6.14. The fraction of sp³-hybridized carbons (Fsp3) is 0.214. The first-order valence-corrected chi connectivity index (χ1v) is 11.4. The van der Waals surface area contributed by atoms with E-state index in [-0.39, 0.29) is 11.9 Å². The lowest BCUT2D eigenvalue weighted by molar-refractivity contribution is 0.0746. The number of aromatic nitrogens is 2. The van der Waals surface area contributed by atoms with Crippen molar-refractivity contribution in [2.75, 3.05) is 27.9 Å². The van der Waals surface area contributed by atoms with Crippen molar-refractivity contribution in [2.24, 2.45) is 0 Å². The molecular weight excluding hydrogens is 442 g/mol. The van der Waals surface area contributed by atoms with E-state index in [1.165, 1.54) is 0 Å². The van der Waals surface area contributed by atoms with E-state index in [2.05, 4.69) is 22.3 Å². The highest BCUT2D eigenvalue weighted by atomic mass is 16.5. The van der Waals surface area contributed by atoms with Crippen LogP contribution in [-0.2, 0) is 6.42 Å². The summed E-state index contributed by atoms with van der Waals surface area (Å²) in [5.41, 5.74) is 5.25. The molecule has 1 aromatic heterocycles. The third-order valence-corrected chi connectivity index (χ3v) is 6.43. The number of hydrogen-bond donors (Lipinski definition) is 1. The molecule has 3 aromatic carbocycles. The number of rotatable bonds is 8. The van der Waals surface area contributed by atoms with Gasteiger partial charge in [0.1, 0.15) is 11.4 Å². The van der Waals surface area contributed by atoms with E-state index in [4.69, 9.17) is 14.2 Å². The first-order valence-electron chi connectivity index (χ1n) is 11.4. The molecule has 5 rings (SSSR count). The van der Waals surface area contributed by atoms with E-state index in [0.717, 1.165) is 33.7 Å². The van der Waals surface area contributed by atoms with Crippen LogP contribution in [0.3, 0.4) is 0 Å². The standard InChI is InChI=1S/C28H27N3O4/c1-33-21-12-10-19(11-13-21)25-24-26(30-29-25)28(32)31(27(24)20-7-5-4-6-8-20)16-15-18-9-14-22(34-2)23(17-18)35-3/h4-14,17,27H,15-16H2,1-3H3,(H,29,30)/t27-/m0/s1. The minimum atomic E-state index is -0.241. The molecule has 1 atom stereocenters. The van der Waals surface area contributed by atoms with E-state index in [9.17, 15) is 4.79 Å². The van der Waals surface area contributed by atoms with E-state index in [1.54, 1.807) is 21.3 Å². The van der Waals surface area contributed by atoms with Crippen LogP contribution in [0.15, 0.2) is 72.8 Å². The highest BCUT2D eigenvalue weighted by Crippen LogP contribution is 2.43. The Morgan fingerprint density at radius 3 is 2.31 bits per heavy atom. The van der Waals surface area contributed by atoms with E-state index in [0.29, 0.717) is 30.2 Å². The van der Waals surface area contributed by atoms with Gasteiger partial charge in [-0.25, -0.2) is 0 Å². The first-order chi connectivity index (χ1) is 17.1. The fourth-order valence-corrected chi connectivity index (χ4v) is 4.66. The predicted octanol–water partition coefficient (Wildman–Crippen LogP) is 4.89. The van der Waals surface area contributed by atoms with Crippen LogP contribution in [0.2, 0.25) is 0 Å². The molecule has 1 N–H and O–H groups in total. The molecule has 0 bridgehead atoms. The van der Waals surface area contributed by atoms with Crippen molar-refractivity contribution >= 4 is 5.91 Å². The Hall–Kier alpha value is -4.26. The summed E-state index contributed by atoms with van der Waals surface area (Å²) in [6.07, 6.45) is 0.672. The van der Waals surface area contributed by atoms with E-state index in [1.807, 2.05) is 65.6 Å². The van der Waals surface area contributed by atoms with Crippen molar-refractivity contribution in [1.82, 2.24) is 15.1 Å². The maximum absolute atomic E-state index is 13.6. The van der Waals surface area contributed by atoms with Crippen molar-refractivity contribution in [3.05, 3.63) is 95.2 Å². The van der Waals surface area contributed by atoms with E-state index >= 15 is 0 Å². The topological polar surface area (TPSA) is 76.7 Å². The average molecular weight is 470 g/mol. The Morgan fingerprint density at radius 1 is 0.886 bits per heavy atom. The maximum atomic E-state index is 13.6. The van der Waals surface area contributed by atoms with Crippen LogP contribution in [-0.4, -0.2) is 48.9 Å². The molecule has 0 aliphatic carbocycles. The maximum Gasteiger partial charge on any atom is 0.273 e. The molecule has 4 aromatic rings. The van der Waals surface area contributed by atoms with Crippen LogP contribution in [0.25, 0.3) is 11.3 Å². The summed E-state index contributed by atoms with van der Waals surface area (Å²) in [6, 6.07) is 23.4. The summed E-state index contributed by atoms with van der Waals surface area (Å²) in [5.74, 6) is 2.07. The minimum Gasteiger partial charge on any atom is -0.497 e. The number of aromatic amines is 1. The van der Waals surface area contributed by atoms with Gasteiger partial charge in [0, 0.05) is 17.7 Å². The zero-order valence-electron chi connectivity index (χ0n) is 19.9. The molecule has 2 heterocycles. The summed E-state index contributed by atoms with van der Waals surface area (Å²) >= 11 is 0. The highest BCUT2D eigenvalue weighted by Gasteiger charge is 2.41. The monoisotopic (exact) mass is 469 g/mol. The van der Waals surface area contributed by atoms with Crippen molar-refractivity contribution in [2.45, 2.75) is 12.5 Å². The lowest BCUT2D eigenvalue weighted by Crippen LogP contribution is -2.31. The number of amides is 1. The van der Waals surface area contributed by atoms with Gasteiger partial charge in [0.05, 0.1) is 33.1 Å². The van der Waals surface area contributed by atoms with Crippen molar-refractivity contribution < 1.29 is 19.0 Å². The first kappa shape index (κ1) is 22.5. The van der Waals surface area contributed by atoms with Crippen LogP contribution in [0.4, 0.5) is 0 Å². The van der Waals surface area contributed by atoms with Gasteiger partial charge in [0.2, 0.25) is 0 Å². The molecule has 0 unspecified atom stereocenters. The summed E-state index contributed by atoms with van der Waals surface area (Å²) in [7, 11) is 4.88. The van der Waals surface area contributed by atoms with Crippen LogP contribution in [0, 0.1) is 0 Å². The third-order valence-electron chi connectivity index (χ3n) is 6.43. The van der Waals surface area contributed by atoms with Gasteiger partial charge in [0.25, 0.3) is 5.91 Å². The molecule has 0 spiro atoms. The minimum absolute atomic E-state index is 0.0541. The van der Waals surface area contributed by atoms with Crippen molar-refractivity contribution in [3.63, 3.8) is 0 Å². The SMILES string of the molecule is COc1ccc(-c2n[nH]c3c2[C@H](c2ccccc2)N(CCc2ccc(OC)c(OC)c2)C3=O)cc1. The van der Waals surface area contributed by atoms with Gasteiger partial charge in [-0.15, -0.1) is 0 Å². The molecule has 7 nitrogen and oxygen atoms in total. The molecule has 0 saturated carbocycles. The number of ether oxygens (including phenoxy) is 3. The lowest BCUT2D eigenvalue weighted by atomic mass is 9.96. The quantitative estimate of drug-likeness (QED) is 0.398. The number of nitrogens with zero attached hydrogens (tertiary/aromatic N) is 2. The lowest BCUT2D eigenvalue weighted by Gasteiger charge is -2.26. The van der Waals surface area contributed by atoms with Crippen LogP contribution in [0.1, 0.15) is 33.2 Å². The predicted molar refractivity (Wildman–Crippen MR) is 133 cm³/mol. The fourth-order valence-electron chi connectivity index (χ4n) is 4.66. The number of carbonyl (C=O) groups excluding carboxylic acids is 1. The largest absolute Gasteiger partial charge is 0.497 e. The van der Waals surface area contributed by atoms with Crippen molar-refractivity contribution in [3.8, 4) is 28.5 Å². The van der Waals surface area contributed by atoms with Gasteiger partial charge in [0.15, 0.2) is 11.5 Å². The van der Waals surface area contributed by atoms with Gasteiger partial charge < -0.3 is 19.1 Å². The third kappa shape index (κ3) is 4.10. The van der Waals surface area contributed by atoms with Gasteiger partial charge in [-0.3, -0.25) is 9.89 Å². The van der Waals surface area contributed by atoms with Crippen LogP contribution in [0.5, 0.6) is 17.2 Å². The number of fused-ring (bicyclic) bond motifs is 1. The van der Waals surface area contributed by atoms with E-state index < -0.39 is 0 Å². The Labute approximate surface area is 204 Å². The summed E-state index contributed by atoms with van der Waals surface area (Å²) in [4.78, 5) is 15.5. The van der Waals surface area contributed by atoms with Crippen LogP contribution < -0.4 is 14.2 Å². The Morgan fingerprint density at radius 2 is 1.63 bits per heavy atom. The molecular formula is C28H27N3O4. The highest BCUT2D eigenvalue weighted by molar-refractivity contribution is 6.00. The van der Waals surface area contributed by atoms with Gasteiger partial charge in [-0.2, -0.15) is 5.10 Å². The van der Waals surface area contributed by atoms with Crippen LogP contribution >= 0.6 is 0 Å². The Bertz CT molecular complexity index is 1330. The molecule has 1 amide bonds. The molecule has 0 fully saturated rings. The molecule has 35 heavy (non-hydrogen) atoms. The second-order valence-electron chi connectivity index (χ2n) is 8.34. The zero-order valence-corrected chi connectivity index (χ0v) is 19.9. The molecule has 1 aliphatic rings. The number of hydrogen-bond acceptors (Lipinski definition) is 5. The second kappa shape index (κ2) is 9.54. The average Bonchev–Trinajstić information content (AvgIpc) is 3.46.